The average Bonchev–Trinajstić information content (AvgIpc) is 3.27. The molecule has 38 heavy (non-hydrogen) atoms. The minimum absolute atomic E-state index is 0.294. The number of aryl methyl sites for hydroxylation is 2. The highest BCUT2D eigenvalue weighted by Crippen LogP contribution is 2.36. The summed E-state index contributed by atoms with van der Waals surface area (Å²) in [5, 5.41) is 2.17. The molecule has 0 amide bonds. The zero-order chi connectivity index (χ0) is 26.4. The fraction of sp³-hybridized carbons (Fsp3) is 0.0606. The van der Waals surface area contributed by atoms with E-state index in [4.69, 9.17) is 6.57 Å². The Morgan fingerprint density at radius 1 is 0.632 bits per heavy atom. The molecule has 0 spiro atoms. The lowest BCUT2D eigenvalue weighted by Gasteiger charge is -2.15. The third kappa shape index (κ3) is 3.78. The van der Waals surface area contributed by atoms with Crippen molar-refractivity contribution in [3.05, 3.63) is 132 Å². The molecule has 184 valence electrons. The summed E-state index contributed by atoms with van der Waals surface area (Å²) in [5.74, 6) is 0. The summed E-state index contributed by atoms with van der Waals surface area (Å²) in [7, 11) is -3.58. The fourth-order valence-corrected chi connectivity index (χ4v) is 6.61. The predicted molar refractivity (Wildman–Crippen MR) is 154 cm³/mol. The Morgan fingerprint density at radius 2 is 1.29 bits per heavy atom. The van der Waals surface area contributed by atoms with Crippen molar-refractivity contribution in [1.82, 2.24) is 4.57 Å². The number of sulfone groups is 1. The Morgan fingerprint density at radius 3 is 2.00 bits per heavy atom. The molecule has 0 saturated heterocycles. The summed E-state index contributed by atoms with van der Waals surface area (Å²) in [4.78, 5) is 4.21. The van der Waals surface area contributed by atoms with Gasteiger partial charge in [-0.25, -0.2) is 13.3 Å². The summed E-state index contributed by atoms with van der Waals surface area (Å²) >= 11 is 0. The zero-order valence-corrected chi connectivity index (χ0v) is 21.8. The largest absolute Gasteiger partial charge is 0.309 e. The van der Waals surface area contributed by atoms with E-state index in [-0.39, 0.29) is 0 Å². The minimum Gasteiger partial charge on any atom is -0.309 e. The van der Waals surface area contributed by atoms with E-state index in [2.05, 4.69) is 46.7 Å². The lowest BCUT2D eigenvalue weighted by atomic mass is 9.96. The second kappa shape index (κ2) is 9.02. The molecule has 6 aromatic rings. The third-order valence-corrected chi connectivity index (χ3v) is 8.87. The smallest absolute Gasteiger partial charge is 0.206 e. The van der Waals surface area contributed by atoms with Gasteiger partial charge < -0.3 is 4.57 Å². The first-order chi connectivity index (χ1) is 18.4. The van der Waals surface area contributed by atoms with E-state index >= 15 is 0 Å². The van der Waals surface area contributed by atoms with E-state index in [1.54, 1.807) is 36.4 Å². The van der Waals surface area contributed by atoms with Crippen LogP contribution in [-0.4, -0.2) is 13.0 Å². The Hall–Kier alpha value is -4.66. The highest BCUT2D eigenvalue weighted by atomic mass is 32.2. The highest BCUT2D eigenvalue weighted by Gasteiger charge is 2.19. The number of rotatable bonds is 4. The predicted octanol–water partition coefficient (Wildman–Crippen LogP) is 8.45. The van der Waals surface area contributed by atoms with Crippen LogP contribution in [0.1, 0.15) is 11.1 Å². The third-order valence-electron chi connectivity index (χ3n) is 7.11. The molecule has 0 unspecified atom stereocenters. The summed E-state index contributed by atoms with van der Waals surface area (Å²) in [6, 6.07) is 34.3. The first kappa shape index (κ1) is 23.7. The quantitative estimate of drug-likeness (QED) is 0.222. The zero-order valence-electron chi connectivity index (χ0n) is 21.0. The van der Waals surface area contributed by atoms with E-state index in [1.807, 2.05) is 49.4 Å². The van der Waals surface area contributed by atoms with Crippen LogP contribution in [0, 0.1) is 20.4 Å². The van der Waals surface area contributed by atoms with Gasteiger partial charge in [0.05, 0.1) is 27.4 Å². The number of hydrogen-bond acceptors (Lipinski definition) is 2. The molecule has 0 N–H and O–H groups in total. The SMILES string of the molecule is [C-]#[N+]c1ccc2c(c1)c1ccccc1n2-c1ccc(-c2ccc(S(=O)(=O)c3ccccc3)cc2C)c(C)c1. The van der Waals surface area contributed by atoms with Gasteiger partial charge >= 0.3 is 0 Å². The Labute approximate surface area is 222 Å². The van der Waals surface area contributed by atoms with E-state index in [1.165, 1.54) is 0 Å². The summed E-state index contributed by atoms with van der Waals surface area (Å²) in [5.41, 5.74) is 7.86. The van der Waals surface area contributed by atoms with Crippen LogP contribution in [0.5, 0.6) is 0 Å². The number of hydrogen-bond donors (Lipinski definition) is 0. The highest BCUT2D eigenvalue weighted by molar-refractivity contribution is 7.91. The molecule has 5 heteroatoms. The van der Waals surface area contributed by atoms with Gasteiger partial charge in [-0.3, -0.25) is 0 Å². The van der Waals surface area contributed by atoms with Gasteiger partial charge in [-0.15, -0.1) is 0 Å². The van der Waals surface area contributed by atoms with Crippen molar-refractivity contribution in [3.63, 3.8) is 0 Å². The van der Waals surface area contributed by atoms with Crippen LogP contribution in [0.4, 0.5) is 5.69 Å². The summed E-state index contributed by atoms with van der Waals surface area (Å²) in [6.07, 6.45) is 0. The van der Waals surface area contributed by atoms with Gasteiger partial charge in [0.2, 0.25) is 9.84 Å². The molecule has 0 saturated carbocycles. The summed E-state index contributed by atoms with van der Waals surface area (Å²) in [6.45, 7) is 11.5. The van der Waals surface area contributed by atoms with E-state index in [0.29, 0.717) is 15.5 Å². The lowest BCUT2D eigenvalue weighted by Crippen LogP contribution is -2.02. The number of aromatic nitrogens is 1. The van der Waals surface area contributed by atoms with Gasteiger partial charge in [0.25, 0.3) is 0 Å². The molecule has 1 aromatic heterocycles. The van der Waals surface area contributed by atoms with Gasteiger partial charge in [-0.1, -0.05) is 54.6 Å². The van der Waals surface area contributed by atoms with E-state index in [0.717, 1.165) is 49.7 Å². The van der Waals surface area contributed by atoms with Crippen LogP contribution in [0.2, 0.25) is 0 Å². The van der Waals surface area contributed by atoms with E-state index < -0.39 is 9.84 Å². The molecule has 0 fully saturated rings. The molecule has 1 heterocycles. The molecule has 4 nitrogen and oxygen atoms in total. The number of para-hydroxylation sites is 1. The van der Waals surface area contributed by atoms with Crippen LogP contribution in [0.25, 0.3) is 43.5 Å². The molecule has 6 rings (SSSR count). The van der Waals surface area contributed by atoms with Crippen molar-refractivity contribution in [2.75, 3.05) is 0 Å². The maximum absolute atomic E-state index is 13.1. The number of fused-ring (bicyclic) bond motifs is 3. The molecule has 0 aliphatic heterocycles. The molecule has 0 atom stereocenters. The van der Waals surface area contributed by atoms with Crippen molar-refractivity contribution in [3.8, 4) is 16.8 Å². The second-order valence-corrected chi connectivity index (χ2v) is 11.4. The molecule has 5 aromatic carbocycles. The van der Waals surface area contributed by atoms with Crippen molar-refractivity contribution in [2.45, 2.75) is 23.6 Å². The van der Waals surface area contributed by atoms with Crippen molar-refractivity contribution in [1.29, 1.82) is 0 Å². The number of benzene rings is 5. The van der Waals surface area contributed by atoms with Gasteiger partial charge in [-0.05, 0) is 96.1 Å². The molecule has 0 aliphatic rings. The topological polar surface area (TPSA) is 43.4 Å². The molecular formula is C33H24N2O2S. The molecule has 0 bridgehead atoms. The van der Waals surface area contributed by atoms with Crippen molar-refractivity contribution >= 4 is 37.3 Å². The molecule has 0 aliphatic carbocycles. The van der Waals surface area contributed by atoms with Crippen LogP contribution in [-0.2, 0) is 9.84 Å². The minimum atomic E-state index is -3.58. The van der Waals surface area contributed by atoms with Crippen LogP contribution < -0.4 is 0 Å². The van der Waals surface area contributed by atoms with Gasteiger partial charge in [0.1, 0.15) is 0 Å². The van der Waals surface area contributed by atoms with Gasteiger partial charge in [-0.2, -0.15) is 0 Å². The maximum atomic E-state index is 13.1. The molecular weight excluding hydrogens is 488 g/mol. The lowest BCUT2D eigenvalue weighted by molar-refractivity contribution is 0.596. The first-order valence-corrected chi connectivity index (χ1v) is 13.8. The first-order valence-electron chi connectivity index (χ1n) is 12.3. The van der Waals surface area contributed by atoms with E-state index in [9.17, 15) is 8.42 Å². The molecule has 0 radical (unpaired) electrons. The summed E-state index contributed by atoms with van der Waals surface area (Å²) < 4.78 is 28.5. The van der Waals surface area contributed by atoms with Crippen LogP contribution in [0.15, 0.2) is 119 Å². The van der Waals surface area contributed by atoms with Crippen LogP contribution in [0.3, 0.4) is 0 Å². The Bertz CT molecular complexity index is 2010. The monoisotopic (exact) mass is 512 g/mol. The van der Waals surface area contributed by atoms with Crippen LogP contribution >= 0.6 is 0 Å². The fourth-order valence-electron chi connectivity index (χ4n) is 5.24. The number of nitrogens with zero attached hydrogens (tertiary/aromatic N) is 2. The second-order valence-electron chi connectivity index (χ2n) is 9.46. The normalized spacial score (nSPS) is 11.6. The van der Waals surface area contributed by atoms with Gasteiger partial charge in [0, 0.05) is 11.1 Å². The van der Waals surface area contributed by atoms with Gasteiger partial charge in [0.15, 0.2) is 5.69 Å². The van der Waals surface area contributed by atoms with Crippen molar-refractivity contribution < 1.29 is 8.42 Å². The average molecular weight is 513 g/mol. The standard InChI is InChI=1S/C33H24N2O2S/c1-22-19-25(35-32-12-8-7-11-30(32)31-21-24(34-3)13-18-33(31)35)14-16-28(22)29-17-15-27(20-23(29)2)38(36,37)26-9-5-4-6-10-26/h4-21H,1-2H3. The Kier molecular flexibility index (Phi) is 5.63. The Balaban J connectivity index is 1.45. The van der Waals surface area contributed by atoms with Crippen molar-refractivity contribution in [2.24, 2.45) is 0 Å². The maximum Gasteiger partial charge on any atom is 0.206 e.